The highest BCUT2D eigenvalue weighted by Gasteiger charge is 2.65. The van der Waals surface area contributed by atoms with Crippen molar-refractivity contribution >= 4 is 32.7 Å². The van der Waals surface area contributed by atoms with Crippen molar-refractivity contribution in [1.82, 2.24) is 24.1 Å². The number of likely N-dealkylation sites (tertiary alicyclic amines) is 1. The highest BCUT2D eigenvalue weighted by Crippen LogP contribution is 2.66. The van der Waals surface area contributed by atoms with E-state index in [0.717, 1.165) is 85.9 Å². The molecule has 4 unspecified atom stereocenters. The fourth-order valence-electron chi connectivity index (χ4n) is 10.0. The SMILES string of the molecule is COc1ccc2c(c1)C1CC1(C(=O)N1C3CCC1CN(C)C3)Cn1c-2c(C2CCCCC2)c2ccc(C(=O)NS(=O)(=O)Cc3ccccn3)cc21. The van der Waals surface area contributed by atoms with E-state index in [1.54, 1.807) is 31.4 Å². The Hall–Kier alpha value is -4.22. The summed E-state index contributed by atoms with van der Waals surface area (Å²) in [6, 6.07) is 17.5. The molecule has 11 heteroatoms. The number of benzene rings is 2. The molecule has 1 N–H and O–H groups in total. The van der Waals surface area contributed by atoms with Crippen molar-refractivity contribution in [2.24, 2.45) is 5.41 Å². The molecule has 2 amide bonds. The summed E-state index contributed by atoms with van der Waals surface area (Å²) in [6.45, 7) is 2.32. The van der Waals surface area contributed by atoms with Gasteiger partial charge in [-0.15, -0.1) is 0 Å². The summed E-state index contributed by atoms with van der Waals surface area (Å²) in [6.07, 6.45) is 10.1. The zero-order valence-corrected chi connectivity index (χ0v) is 30.1. The van der Waals surface area contributed by atoms with E-state index in [0.29, 0.717) is 18.2 Å². The number of likely N-dealkylation sites (N-methyl/N-ethyl adjacent to an activating group) is 1. The van der Waals surface area contributed by atoms with Crippen LogP contribution in [-0.4, -0.2) is 78.9 Å². The van der Waals surface area contributed by atoms with Crippen molar-refractivity contribution in [3.8, 4) is 17.0 Å². The van der Waals surface area contributed by atoms with Crippen LogP contribution < -0.4 is 9.46 Å². The Labute approximate surface area is 299 Å². The van der Waals surface area contributed by atoms with Crippen LogP contribution in [0.5, 0.6) is 5.75 Å². The lowest BCUT2D eigenvalue weighted by molar-refractivity contribution is -0.143. The van der Waals surface area contributed by atoms with Crippen molar-refractivity contribution in [3.05, 3.63) is 83.2 Å². The fourth-order valence-corrected chi connectivity index (χ4v) is 11.1. The molecular formula is C40H45N5O5S. The monoisotopic (exact) mass is 707 g/mol. The third kappa shape index (κ3) is 5.46. The molecule has 0 spiro atoms. The Balaban J connectivity index is 1.18. The van der Waals surface area contributed by atoms with Gasteiger partial charge in [0, 0.05) is 65.9 Å². The number of methoxy groups -OCH3 is 1. The first-order valence-corrected chi connectivity index (χ1v) is 20.1. The number of rotatable bonds is 7. The zero-order chi connectivity index (χ0) is 35.1. The third-order valence-corrected chi connectivity index (χ3v) is 13.6. The fraction of sp³-hybridized carbons (Fsp3) is 0.475. The molecule has 5 heterocycles. The largest absolute Gasteiger partial charge is 0.497 e. The maximum Gasteiger partial charge on any atom is 0.264 e. The highest BCUT2D eigenvalue weighted by atomic mass is 32.2. The lowest BCUT2D eigenvalue weighted by Gasteiger charge is -2.41. The molecule has 2 aromatic carbocycles. The second-order valence-corrected chi connectivity index (χ2v) is 17.3. The van der Waals surface area contributed by atoms with Crippen molar-refractivity contribution in [2.45, 2.75) is 87.6 Å². The minimum Gasteiger partial charge on any atom is -0.497 e. The summed E-state index contributed by atoms with van der Waals surface area (Å²) in [5, 5.41) is 1.08. The van der Waals surface area contributed by atoms with Gasteiger partial charge in [-0.05, 0) is 98.7 Å². The number of aromatic nitrogens is 2. The van der Waals surface area contributed by atoms with E-state index in [1.807, 2.05) is 18.2 Å². The number of ether oxygens (including phenoxy) is 1. The summed E-state index contributed by atoms with van der Waals surface area (Å²) >= 11 is 0. The second-order valence-electron chi connectivity index (χ2n) is 15.6. The highest BCUT2D eigenvalue weighted by molar-refractivity contribution is 7.89. The van der Waals surface area contributed by atoms with Crippen molar-refractivity contribution < 1.29 is 22.7 Å². The average Bonchev–Trinajstić information content (AvgIpc) is 3.71. The summed E-state index contributed by atoms with van der Waals surface area (Å²) < 4.78 is 36.6. The predicted octanol–water partition coefficient (Wildman–Crippen LogP) is 5.81. The number of carbonyl (C=O) groups excluding carboxylic acids is 2. The third-order valence-electron chi connectivity index (χ3n) is 12.4. The van der Waals surface area contributed by atoms with Gasteiger partial charge in [0.15, 0.2) is 0 Å². The Morgan fingerprint density at radius 3 is 2.49 bits per heavy atom. The first kappa shape index (κ1) is 32.7. The van der Waals surface area contributed by atoms with Crippen LogP contribution in [0.3, 0.4) is 0 Å². The van der Waals surface area contributed by atoms with Gasteiger partial charge in [-0.3, -0.25) is 14.6 Å². The number of fused-ring (bicyclic) bond motifs is 9. The van der Waals surface area contributed by atoms with Gasteiger partial charge in [0.1, 0.15) is 11.5 Å². The number of sulfonamides is 1. The van der Waals surface area contributed by atoms with Gasteiger partial charge in [-0.25, -0.2) is 13.1 Å². The quantitative estimate of drug-likeness (QED) is 0.258. The van der Waals surface area contributed by atoms with Crippen LogP contribution in [0.25, 0.3) is 22.2 Å². The van der Waals surface area contributed by atoms with E-state index in [9.17, 15) is 13.2 Å². The summed E-state index contributed by atoms with van der Waals surface area (Å²) in [5.41, 5.74) is 5.62. The van der Waals surface area contributed by atoms with Crippen molar-refractivity contribution in [3.63, 3.8) is 0 Å². The lowest BCUT2D eigenvalue weighted by atomic mass is 9.81. The zero-order valence-electron chi connectivity index (χ0n) is 29.3. The van der Waals surface area contributed by atoms with Gasteiger partial charge in [0.05, 0.1) is 23.9 Å². The molecule has 51 heavy (non-hydrogen) atoms. The maximum absolute atomic E-state index is 15.1. The van der Waals surface area contributed by atoms with Crippen LogP contribution in [-0.2, 0) is 27.1 Å². The van der Waals surface area contributed by atoms with E-state index >= 15 is 4.79 Å². The smallest absolute Gasteiger partial charge is 0.264 e. The van der Waals surface area contributed by atoms with E-state index in [2.05, 4.69) is 43.3 Å². The number of amides is 2. The number of piperazine rings is 1. The Morgan fingerprint density at radius 2 is 1.76 bits per heavy atom. The second kappa shape index (κ2) is 12.2. The van der Waals surface area contributed by atoms with Crippen LogP contribution in [0.2, 0.25) is 0 Å². The number of hydrogen-bond acceptors (Lipinski definition) is 7. The number of hydrogen-bond donors (Lipinski definition) is 1. The molecule has 2 bridgehead atoms. The van der Waals surface area contributed by atoms with Crippen molar-refractivity contribution in [2.75, 3.05) is 27.2 Å². The first-order valence-electron chi connectivity index (χ1n) is 18.5. The summed E-state index contributed by atoms with van der Waals surface area (Å²) in [4.78, 5) is 37.5. The van der Waals surface area contributed by atoms with E-state index < -0.39 is 27.1 Å². The number of nitrogens with zero attached hydrogens (tertiary/aromatic N) is 4. The van der Waals surface area contributed by atoms with Gasteiger partial charge in [-0.1, -0.05) is 31.4 Å². The van der Waals surface area contributed by atoms with Gasteiger partial charge in [-0.2, -0.15) is 0 Å². The normalized spacial score (nSPS) is 25.8. The molecular weight excluding hydrogens is 663 g/mol. The summed E-state index contributed by atoms with van der Waals surface area (Å²) in [5.74, 6) is 0.383. The standard InChI is InChI=1S/C40H45N5O5S/c1-43-21-28-12-13-29(22-43)45(28)39(47)40-20-34(40)33-19-30(50-2)14-16-31(33)37-36(25-8-4-3-5-9-25)32-15-11-26(18-35(32)44(37)24-40)38(46)42-51(48,49)23-27-10-6-7-17-41-27/h6-7,10-11,14-19,25,28-29,34H,3-5,8-9,12-13,20-24H2,1-2H3,(H,42,46). The van der Waals surface area contributed by atoms with Crippen LogP contribution in [0.15, 0.2) is 60.8 Å². The molecule has 2 saturated heterocycles. The molecule has 4 aromatic rings. The molecule has 4 fully saturated rings. The molecule has 2 aliphatic carbocycles. The average molecular weight is 708 g/mol. The van der Waals surface area contributed by atoms with E-state index in [4.69, 9.17) is 4.74 Å². The Kier molecular flexibility index (Phi) is 7.81. The van der Waals surface area contributed by atoms with Gasteiger partial charge in [0.2, 0.25) is 15.9 Å². The van der Waals surface area contributed by atoms with Gasteiger partial charge >= 0.3 is 0 Å². The molecule has 3 aliphatic heterocycles. The maximum atomic E-state index is 15.1. The first-order chi connectivity index (χ1) is 24.7. The minimum atomic E-state index is -4.00. The number of carbonyl (C=O) groups is 2. The topological polar surface area (TPSA) is 114 Å². The van der Waals surface area contributed by atoms with Crippen molar-refractivity contribution in [1.29, 1.82) is 0 Å². The van der Waals surface area contributed by atoms with Gasteiger partial charge < -0.3 is 19.1 Å². The molecule has 0 radical (unpaired) electrons. The molecule has 10 nitrogen and oxygen atoms in total. The van der Waals surface area contributed by atoms with Crippen LogP contribution in [0.4, 0.5) is 0 Å². The molecule has 2 aromatic heterocycles. The molecule has 2 saturated carbocycles. The van der Waals surface area contributed by atoms with E-state index in [-0.39, 0.29) is 29.5 Å². The summed E-state index contributed by atoms with van der Waals surface area (Å²) in [7, 11) is -0.147. The van der Waals surface area contributed by atoms with E-state index in [1.165, 1.54) is 23.7 Å². The van der Waals surface area contributed by atoms with Crippen LogP contribution in [0.1, 0.15) is 90.4 Å². The Bertz CT molecular complexity index is 2150. The van der Waals surface area contributed by atoms with Gasteiger partial charge in [0.25, 0.3) is 5.91 Å². The van der Waals surface area contributed by atoms with Crippen LogP contribution >= 0.6 is 0 Å². The molecule has 9 rings (SSSR count). The van der Waals surface area contributed by atoms with Crippen LogP contribution in [0, 0.1) is 5.41 Å². The number of nitrogens with one attached hydrogen (secondary N) is 1. The molecule has 5 aliphatic rings. The predicted molar refractivity (Wildman–Crippen MR) is 195 cm³/mol. The lowest BCUT2D eigenvalue weighted by Crippen LogP contribution is -2.57. The molecule has 266 valence electrons. The Morgan fingerprint density at radius 1 is 0.980 bits per heavy atom. The minimum absolute atomic E-state index is 0.0616. The molecule has 4 atom stereocenters. The number of pyridine rings is 1.